The number of furan rings is 1. The first-order valence-corrected chi connectivity index (χ1v) is 5.71. The van der Waals surface area contributed by atoms with Gasteiger partial charge in [-0.05, 0) is 25.1 Å². The number of rotatable bonds is 5. The number of benzene rings is 1. The Morgan fingerprint density at radius 1 is 1.22 bits per heavy atom. The van der Waals surface area contributed by atoms with Crippen LogP contribution >= 0.6 is 0 Å². The minimum atomic E-state index is -0.503. The van der Waals surface area contributed by atoms with Gasteiger partial charge in [0.2, 0.25) is 0 Å². The first kappa shape index (κ1) is 13.0. The number of methoxy groups -OCH3 is 2. The van der Waals surface area contributed by atoms with Gasteiger partial charge in [-0.15, -0.1) is 0 Å². The van der Waals surface area contributed by atoms with Crippen LogP contribution < -0.4 is 11.3 Å². The second kappa shape index (κ2) is 5.49. The lowest BCUT2D eigenvalue weighted by Crippen LogP contribution is -2.38. The first-order chi connectivity index (χ1) is 8.69. The molecule has 0 aliphatic heterocycles. The fourth-order valence-electron chi connectivity index (χ4n) is 2.00. The molecule has 18 heavy (non-hydrogen) atoms. The average Bonchev–Trinajstić information content (AvgIpc) is 2.78. The van der Waals surface area contributed by atoms with E-state index in [1.54, 1.807) is 14.2 Å². The molecule has 0 radical (unpaired) electrons. The zero-order valence-electron chi connectivity index (χ0n) is 10.8. The van der Waals surface area contributed by atoms with E-state index >= 15 is 0 Å². The maximum Gasteiger partial charge on any atom is 0.180 e. The molecule has 0 fully saturated rings. The third kappa shape index (κ3) is 2.39. The topological polar surface area (TPSA) is 69.7 Å². The summed E-state index contributed by atoms with van der Waals surface area (Å²) in [6.07, 6.45) is -0.503. The van der Waals surface area contributed by atoms with Gasteiger partial charge in [0.25, 0.3) is 0 Å². The first-order valence-electron chi connectivity index (χ1n) is 5.71. The number of hydrazine groups is 1. The van der Waals surface area contributed by atoms with Crippen LogP contribution in [0.1, 0.15) is 17.4 Å². The van der Waals surface area contributed by atoms with Crippen LogP contribution in [0, 0.1) is 6.92 Å². The Bertz CT molecular complexity index is 520. The number of ether oxygens (including phenoxy) is 2. The van der Waals surface area contributed by atoms with Crippen LogP contribution in [0.3, 0.4) is 0 Å². The summed E-state index contributed by atoms with van der Waals surface area (Å²) in [4.78, 5) is 0. The Hall–Kier alpha value is -1.40. The van der Waals surface area contributed by atoms with Crippen LogP contribution in [-0.4, -0.2) is 20.5 Å². The van der Waals surface area contributed by atoms with Gasteiger partial charge in [0, 0.05) is 19.6 Å². The molecule has 5 nitrogen and oxygen atoms in total. The molecule has 1 heterocycles. The molecule has 2 rings (SSSR count). The molecule has 0 spiro atoms. The molecular weight excluding hydrogens is 232 g/mol. The average molecular weight is 250 g/mol. The van der Waals surface area contributed by atoms with Crippen LogP contribution in [-0.2, 0) is 9.47 Å². The largest absolute Gasteiger partial charge is 0.459 e. The van der Waals surface area contributed by atoms with Gasteiger partial charge >= 0.3 is 0 Å². The molecule has 0 saturated carbocycles. The summed E-state index contributed by atoms with van der Waals surface area (Å²) in [5, 5.41) is 1.04. The number of aryl methyl sites for hydroxylation is 1. The summed E-state index contributed by atoms with van der Waals surface area (Å²) in [5.74, 6) is 6.23. The van der Waals surface area contributed by atoms with E-state index in [1.807, 2.05) is 25.1 Å². The number of hydrogen-bond acceptors (Lipinski definition) is 5. The molecule has 98 valence electrons. The number of nitrogens with two attached hydrogens (primary N) is 1. The molecule has 1 aromatic heterocycles. The van der Waals surface area contributed by atoms with Gasteiger partial charge in [0.15, 0.2) is 6.29 Å². The molecule has 2 aromatic rings. The second-order valence-corrected chi connectivity index (χ2v) is 4.17. The Kier molecular flexibility index (Phi) is 3.98. The molecule has 0 aliphatic carbocycles. The van der Waals surface area contributed by atoms with E-state index in [1.165, 1.54) is 5.56 Å². The normalized spacial score (nSPS) is 13.4. The zero-order chi connectivity index (χ0) is 13.1. The van der Waals surface area contributed by atoms with Crippen molar-refractivity contribution in [2.75, 3.05) is 14.2 Å². The van der Waals surface area contributed by atoms with Gasteiger partial charge in [-0.3, -0.25) is 5.84 Å². The van der Waals surface area contributed by atoms with Gasteiger partial charge in [-0.25, -0.2) is 5.43 Å². The van der Waals surface area contributed by atoms with Gasteiger partial charge in [0.05, 0.1) is 0 Å². The molecule has 0 saturated heterocycles. The fraction of sp³-hybridized carbons (Fsp3) is 0.385. The summed E-state index contributed by atoms with van der Waals surface area (Å²) in [6, 6.07) is 7.59. The highest BCUT2D eigenvalue weighted by Crippen LogP contribution is 2.27. The maximum atomic E-state index is 5.76. The minimum absolute atomic E-state index is 0.354. The predicted molar refractivity (Wildman–Crippen MR) is 68.8 cm³/mol. The maximum absolute atomic E-state index is 5.76. The van der Waals surface area contributed by atoms with Crippen LogP contribution in [0.2, 0.25) is 0 Å². The van der Waals surface area contributed by atoms with Crippen molar-refractivity contribution in [1.29, 1.82) is 0 Å². The van der Waals surface area contributed by atoms with E-state index < -0.39 is 6.29 Å². The van der Waals surface area contributed by atoms with Crippen molar-refractivity contribution in [1.82, 2.24) is 5.43 Å². The van der Waals surface area contributed by atoms with Gasteiger partial charge in [-0.1, -0.05) is 11.6 Å². The van der Waals surface area contributed by atoms with Crippen molar-refractivity contribution in [3.63, 3.8) is 0 Å². The summed E-state index contributed by atoms with van der Waals surface area (Å²) < 4.78 is 16.2. The highest BCUT2D eigenvalue weighted by Gasteiger charge is 2.25. The van der Waals surface area contributed by atoms with E-state index in [4.69, 9.17) is 19.7 Å². The lowest BCUT2D eigenvalue weighted by molar-refractivity contribution is -0.127. The van der Waals surface area contributed by atoms with E-state index in [-0.39, 0.29) is 6.04 Å². The molecule has 1 aromatic carbocycles. The lowest BCUT2D eigenvalue weighted by atomic mass is 10.1. The van der Waals surface area contributed by atoms with Crippen molar-refractivity contribution in [2.24, 2.45) is 5.84 Å². The standard InChI is InChI=1S/C13H18N2O3/c1-8-4-5-10-9(6-8)7-11(18-10)12(15-14)13(16-2)17-3/h4-7,12-13,15H,14H2,1-3H3. The second-order valence-electron chi connectivity index (χ2n) is 4.17. The summed E-state index contributed by atoms with van der Waals surface area (Å²) in [5.41, 5.74) is 4.66. The van der Waals surface area contributed by atoms with Crippen LogP contribution in [0.5, 0.6) is 0 Å². The molecule has 0 aliphatic rings. The third-order valence-electron chi connectivity index (χ3n) is 2.91. The molecule has 0 amide bonds. The highest BCUT2D eigenvalue weighted by atomic mass is 16.7. The smallest absolute Gasteiger partial charge is 0.180 e. The highest BCUT2D eigenvalue weighted by molar-refractivity contribution is 5.78. The van der Waals surface area contributed by atoms with Crippen molar-refractivity contribution >= 4 is 11.0 Å². The van der Waals surface area contributed by atoms with Gasteiger partial charge in [-0.2, -0.15) is 0 Å². The third-order valence-corrected chi connectivity index (χ3v) is 2.91. The van der Waals surface area contributed by atoms with E-state index in [0.29, 0.717) is 5.76 Å². The Balaban J connectivity index is 2.39. The predicted octanol–water partition coefficient (Wildman–Crippen LogP) is 1.86. The molecule has 1 atom stereocenters. The molecule has 5 heteroatoms. The van der Waals surface area contributed by atoms with Crippen molar-refractivity contribution in [3.05, 3.63) is 35.6 Å². The summed E-state index contributed by atoms with van der Waals surface area (Å²) >= 11 is 0. The van der Waals surface area contributed by atoms with Crippen LogP contribution in [0.25, 0.3) is 11.0 Å². The summed E-state index contributed by atoms with van der Waals surface area (Å²) in [6.45, 7) is 2.04. The Labute approximate surface area is 106 Å². The molecular formula is C13H18N2O3. The van der Waals surface area contributed by atoms with Crippen molar-refractivity contribution in [3.8, 4) is 0 Å². The monoisotopic (exact) mass is 250 g/mol. The Morgan fingerprint density at radius 3 is 2.56 bits per heavy atom. The van der Waals surface area contributed by atoms with E-state index in [9.17, 15) is 0 Å². The van der Waals surface area contributed by atoms with Gasteiger partial charge in [0.1, 0.15) is 17.4 Å². The van der Waals surface area contributed by atoms with Crippen molar-refractivity contribution < 1.29 is 13.9 Å². The van der Waals surface area contributed by atoms with Gasteiger partial charge < -0.3 is 13.9 Å². The van der Waals surface area contributed by atoms with Crippen LogP contribution in [0.4, 0.5) is 0 Å². The van der Waals surface area contributed by atoms with E-state index in [2.05, 4.69) is 11.5 Å². The minimum Gasteiger partial charge on any atom is -0.459 e. The zero-order valence-corrected chi connectivity index (χ0v) is 10.8. The lowest BCUT2D eigenvalue weighted by Gasteiger charge is -2.21. The Morgan fingerprint density at radius 2 is 1.94 bits per heavy atom. The number of hydrogen-bond donors (Lipinski definition) is 2. The molecule has 0 bridgehead atoms. The number of fused-ring (bicyclic) bond motifs is 1. The fourth-order valence-corrected chi connectivity index (χ4v) is 2.00. The summed E-state index contributed by atoms with van der Waals surface area (Å²) in [7, 11) is 3.12. The SMILES string of the molecule is COC(OC)C(NN)c1cc2cc(C)ccc2o1. The van der Waals surface area contributed by atoms with E-state index in [0.717, 1.165) is 11.0 Å². The molecule has 3 N–H and O–H groups in total. The van der Waals surface area contributed by atoms with Crippen LogP contribution in [0.15, 0.2) is 28.7 Å². The quantitative estimate of drug-likeness (QED) is 0.481. The van der Waals surface area contributed by atoms with Crippen molar-refractivity contribution in [2.45, 2.75) is 19.3 Å². The number of nitrogens with one attached hydrogen (secondary N) is 1. The molecule has 1 unspecified atom stereocenters.